The number of piperazine rings is 1. The summed E-state index contributed by atoms with van der Waals surface area (Å²) >= 11 is 0. The van der Waals surface area contributed by atoms with Gasteiger partial charge in [0.2, 0.25) is 11.8 Å². The normalized spacial score (nSPS) is 19.2. The van der Waals surface area contributed by atoms with E-state index in [1.807, 2.05) is 30.3 Å². The number of urea groups is 1. The summed E-state index contributed by atoms with van der Waals surface area (Å²) in [6, 6.07) is 16.3. The van der Waals surface area contributed by atoms with E-state index in [0.717, 1.165) is 17.7 Å². The maximum absolute atomic E-state index is 14.7. The minimum Gasteiger partial charge on any atom is -0.404 e. The molecule has 4 amide bonds. The topological polar surface area (TPSA) is 143 Å². The molecule has 3 aromatic carbocycles. The molecule has 44 heavy (non-hydrogen) atoms. The zero-order chi connectivity index (χ0) is 31.6. The van der Waals surface area contributed by atoms with Crippen LogP contribution in [-0.2, 0) is 33.7 Å². The second-order valence-electron chi connectivity index (χ2n) is 10.5. The van der Waals surface area contributed by atoms with Crippen molar-refractivity contribution in [3.8, 4) is 5.75 Å². The minimum absolute atomic E-state index is 0.0249. The molecule has 2 atom stereocenters. The Morgan fingerprint density at radius 2 is 1.73 bits per heavy atom. The first kappa shape index (κ1) is 31.1. The number of nitrogens with zero attached hydrogens (tertiary/aromatic N) is 4. The van der Waals surface area contributed by atoms with Crippen LogP contribution < -0.4 is 9.84 Å². The van der Waals surface area contributed by atoms with E-state index in [1.54, 1.807) is 7.05 Å². The summed E-state index contributed by atoms with van der Waals surface area (Å²) < 4.78 is 44.0. The number of halogens is 2. The van der Waals surface area contributed by atoms with Gasteiger partial charge in [0.25, 0.3) is 0 Å². The molecule has 0 unspecified atom stereocenters. The Kier molecular flexibility index (Phi) is 8.97. The fourth-order valence-electron chi connectivity index (χ4n) is 5.40. The van der Waals surface area contributed by atoms with E-state index in [4.69, 9.17) is 9.79 Å². The SMILES string of the molecule is CN1CC(=O)N2[C@@H](Cc3ccc(OP(=O)(O)O)cc3)C(=O)N(Cc3ccc(F)cc3F)C[C@@H]2N1C(=O)NCc1ccccc1. The molecule has 0 saturated carbocycles. The molecule has 3 N–H and O–H groups in total. The lowest BCUT2D eigenvalue weighted by Gasteiger charge is -2.54. The van der Waals surface area contributed by atoms with E-state index in [0.29, 0.717) is 5.56 Å². The molecule has 15 heteroatoms. The van der Waals surface area contributed by atoms with Gasteiger partial charge >= 0.3 is 13.9 Å². The lowest BCUT2D eigenvalue weighted by Crippen LogP contribution is -2.76. The van der Waals surface area contributed by atoms with Crippen LogP contribution in [0.1, 0.15) is 16.7 Å². The lowest BCUT2D eigenvalue weighted by atomic mass is 9.98. The molecule has 0 aromatic heterocycles. The van der Waals surface area contributed by atoms with Crippen molar-refractivity contribution in [2.75, 3.05) is 20.1 Å². The molecule has 2 heterocycles. The zero-order valence-electron chi connectivity index (χ0n) is 23.5. The van der Waals surface area contributed by atoms with Crippen LogP contribution in [0.15, 0.2) is 72.8 Å². The number of nitrogens with one attached hydrogen (secondary N) is 1. The molecule has 0 spiro atoms. The van der Waals surface area contributed by atoms with Gasteiger partial charge in [0, 0.05) is 38.2 Å². The Balaban J connectivity index is 1.46. The van der Waals surface area contributed by atoms with Gasteiger partial charge in [-0.05, 0) is 29.3 Å². The minimum atomic E-state index is -4.79. The number of phosphoric acid groups is 1. The van der Waals surface area contributed by atoms with Crippen molar-refractivity contribution >= 4 is 25.7 Å². The highest BCUT2D eigenvalue weighted by molar-refractivity contribution is 7.46. The van der Waals surface area contributed by atoms with Crippen molar-refractivity contribution < 1.29 is 42.0 Å². The van der Waals surface area contributed by atoms with Crippen LogP contribution in [0, 0.1) is 11.6 Å². The molecule has 0 aliphatic carbocycles. The lowest BCUT2D eigenvalue weighted by molar-refractivity contribution is -0.187. The summed E-state index contributed by atoms with van der Waals surface area (Å²) in [5, 5.41) is 5.67. The van der Waals surface area contributed by atoms with Crippen molar-refractivity contribution in [1.82, 2.24) is 25.1 Å². The molecule has 5 rings (SSSR count). The Morgan fingerprint density at radius 1 is 1.02 bits per heavy atom. The van der Waals surface area contributed by atoms with Crippen molar-refractivity contribution in [3.63, 3.8) is 0 Å². The molecular formula is C29H30F2N5O7P. The van der Waals surface area contributed by atoms with Gasteiger partial charge in [-0.25, -0.2) is 28.2 Å². The number of carbonyl (C=O) groups is 3. The third-order valence-electron chi connectivity index (χ3n) is 7.39. The second kappa shape index (κ2) is 12.7. The molecular weight excluding hydrogens is 599 g/mol. The third-order valence-corrected chi connectivity index (χ3v) is 7.84. The fourth-order valence-corrected chi connectivity index (χ4v) is 5.80. The molecule has 2 aliphatic rings. The van der Waals surface area contributed by atoms with Crippen LogP contribution in [0.5, 0.6) is 5.75 Å². The summed E-state index contributed by atoms with van der Waals surface area (Å²) in [5.74, 6) is -2.63. The molecule has 2 saturated heterocycles. The average molecular weight is 630 g/mol. The van der Waals surface area contributed by atoms with Gasteiger partial charge < -0.3 is 19.6 Å². The Bertz CT molecular complexity index is 1590. The number of rotatable bonds is 8. The molecule has 232 valence electrons. The van der Waals surface area contributed by atoms with Gasteiger partial charge in [-0.3, -0.25) is 19.4 Å². The summed E-state index contributed by atoms with van der Waals surface area (Å²) in [5.41, 5.74) is 1.44. The highest BCUT2D eigenvalue weighted by atomic mass is 31.2. The quantitative estimate of drug-likeness (QED) is 0.323. The fraction of sp³-hybridized carbons (Fsp3) is 0.276. The molecule has 12 nitrogen and oxygen atoms in total. The summed E-state index contributed by atoms with van der Waals surface area (Å²) in [6.07, 6.45) is -0.983. The zero-order valence-corrected chi connectivity index (χ0v) is 24.4. The Hall–Kier alpha value is -4.36. The van der Waals surface area contributed by atoms with Gasteiger partial charge in [0.15, 0.2) is 0 Å². The Labute approximate surface area is 251 Å². The van der Waals surface area contributed by atoms with Crippen molar-refractivity contribution in [3.05, 3.63) is 101 Å². The van der Waals surface area contributed by atoms with Gasteiger partial charge in [-0.1, -0.05) is 48.5 Å². The molecule has 0 bridgehead atoms. The van der Waals surface area contributed by atoms with E-state index in [2.05, 4.69) is 9.84 Å². The maximum Gasteiger partial charge on any atom is 0.524 e. The summed E-state index contributed by atoms with van der Waals surface area (Å²) in [4.78, 5) is 61.7. The summed E-state index contributed by atoms with van der Waals surface area (Å²) in [7, 11) is -3.21. The number of hydrogen-bond donors (Lipinski definition) is 3. The van der Waals surface area contributed by atoms with Gasteiger partial charge in [-0.2, -0.15) is 0 Å². The number of carbonyl (C=O) groups excluding carboxylic acids is 3. The molecule has 3 aromatic rings. The number of likely N-dealkylation sites (N-methyl/N-ethyl adjacent to an activating group) is 1. The van der Waals surface area contributed by atoms with Crippen molar-refractivity contribution in [2.45, 2.75) is 31.7 Å². The number of phosphoric ester groups is 1. The van der Waals surface area contributed by atoms with E-state index in [1.165, 1.54) is 50.1 Å². The smallest absolute Gasteiger partial charge is 0.404 e. The standard InChI is InChI=1S/C29H30F2N5O7P/c1-33-18-27(37)35-25(13-19-7-11-23(12-8-19)43-44(40,41)42)28(38)34(16-21-9-10-22(30)14-24(21)31)17-26(35)36(33)29(39)32-15-20-5-3-2-4-6-20/h2-12,14,25-26H,13,15-18H2,1H3,(H,32,39)(H2,40,41,42)/t25-,26-/m0/s1. The van der Waals surface area contributed by atoms with Gasteiger partial charge in [0.1, 0.15) is 29.6 Å². The van der Waals surface area contributed by atoms with Crippen LogP contribution in [0.2, 0.25) is 0 Å². The van der Waals surface area contributed by atoms with Crippen molar-refractivity contribution in [1.29, 1.82) is 0 Å². The van der Waals surface area contributed by atoms with E-state index >= 15 is 0 Å². The van der Waals surface area contributed by atoms with Crippen LogP contribution in [0.4, 0.5) is 13.6 Å². The predicted molar refractivity (Wildman–Crippen MR) is 152 cm³/mol. The monoisotopic (exact) mass is 629 g/mol. The van der Waals surface area contributed by atoms with E-state index < -0.39 is 49.5 Å². The number of hydrogen-bond acceptors (Lipinski definition) is 6. The van der Waals surface area contributed by atoms with E-state index in [9.17, 15) is 27.7 Å². The van der Waals surface area contributed by atoms with Gasteiger partial charge in [0.05, 0.1) is 13.1 Å². The molecule has 2 aliphatic heterocycles. The van der Waals surface area contributed by atoms with Crippen LogP contribution in [0.3, 0.4) is 0 Å². The van der Waals surface area contributed by atoms with Crippen LogP contribution >= 0.6 is 7.82 Å². The summed E-state index contributed by atoms with van der Waals surface area (Å²) in [6.45, 7) is -0.366. The first-order valence-corrected chi connectivity index (χ1v) is 15.1. The second-order valence-corrected chi connectivity index (χ2v) is 11.7. The van der Waals surface area contributed by atoms with Crippen LogP contribution in [0.25, 0.3) is 0 Å². The first-order valence-electron chi connectivity index (χ1n) is 13.6. The van der Waals surface area contributed by atoms with E-state index in [-0.39, 0.29) is 43.9 Å². The van der Waals surface area contributed by atoms with Crippen LogP contribution in [-0.4, -0.2) is 79.8 Å². The van der Waals surface area contributed by atoms with Crippen molar-refractivity contribution in [2.24, 2.45) is 0 Å². The van der Waals surface area contributed by atoms with Gasteiger partial charge in [-0.15, -0.1) is 0 Å². The highest BCUT2D eigenvalue weighted by Crippen LogP contribution is 2.37. The molecule has 2 fully saturated rings. The number of hydrazine groups is 1. The average Bonchev–Trinajstić information content (AvgIpc) is 2.96. The first-order chi connectivity index (χ1) is 20.9. The highest BCUT2D eigenvalue weighted by Gasteiger charge is 2.50. The Morgan fingerprint density at radius 3 is 2.39 bits per heavy atom. The maximum atomic E-state index is 14.7. The predicted octanol–water partition coefficient (Wildman–Crippen LogP) is 2.62. The number of benzene rings is 3. The number of fused-ring (bicyclic) bond motifs is 1. The number of amides is 4. The third kappa shape index (κ3) is 7.05. The molecule has 0 radical (unpaired) electrons. The largest absolute Gasteiger partial charge is 0.524 e.